The molecule has 0 saturated heterocycles. The zero-order chi connectivity index (χ0) is 24.1. The number of aromatic nitrogens is 2. The number of ether oxygens (including phenoxy) is 2. The van der Waals surface area contributed by atoms with Crippen LogP contribution in [0.4, 0.5) is 28.7 Å². The van der Waals surface area contributed by atoms with E-state index < -0.39 is 22.5 Å². The first-order valence-corrected chi connectivity index (χ1v) is 9.65. The van der Waals surface area contributed by atoms with E-state index in [1.165, 1.54) is 32.4 Å². The molecule has 0 amide bonds. The van der Waals surface area contributed by atoms with Crippen LogP contribution in [0.5, 0.6) is 0 Å². The van der Waals surface area contributed by atoms with Crippen molar-refractivity contribution in [1.82, 2.24) is 9.97 Å². The second-order valence-corrected chi connectivity index (χ2v) is 7.09. The first kappa shape index (κ1) is 23.1. The lowest BCUT2D eigenvalue weighted by atomic mass is 10.1. The molecule has 0 aliphatic carbocycles. The zero-order valence-corrected chi connectivity index (χ0v) is 18.3. The third kappa shape index (κ3) is 5.39. The largest absolute Gasteiger partial charge is 0.465 e. The molecule has 1 aromatic heterocycles. The van der Waals surface area contributed by atoms with E-state index in [-0.39, 0.29) is 28.5 Å². The lowest BCUT2D eigenvalue weighted by Crippen LogP contribution is -2.09. The van der Waals surface area contributed by atoms with Gasteiger partial charge in [-0.1, -0.05) is 6.07 Å². The first-order valence-electron chi connectivity index (χ1n) is 9.65. The highest BCUT2D eigenvalue weighted by atomic mass is 16.6. The summed E-state index contributed by atoms with van der Waals surface area (Å²) in [6.45, 7) is 3.82. The number of esters is 2. The van der Waals surface area contributed by atoms with Gasteiger partial charge in [0.15, 0.2) is 0 Å². The fourth-order valence-corrected chi connectivity index (χ4v) is 3.23. The molecular formula is C22H21N5O6. The van der Waals surface area contributed by atoms with E-state index in [9.17, 15) is 19.7 Å². The molecule has 33 heavy (non-hydrogen) atoms. The number of anilines is 4. The van der Waals surface area contributed by atoms with Gasteiger partial charge >= 0.3 is 17.6 Å². The van der Waals surface area contributed by atoms with Gasteiger partial charge in [0.2, 0.25) is 11.6 Å². The van der Waals surface area contributed by atoms with Crippen LogP contribution in [0.15, 0.2) is 42.7 Å². The lowest BCUT2D eigenvalue weighted by Gasteiger charge is -2.12. The van der Waals surface area contributed by atoms with Crippen molar-refractivity contribution in [3.8, 4) is 0 Å². The third-order valence-corrected chi connectivity index (χ3v) is 4.53. The molecule has 170 valence electrons. The highest BCUT2D eigenvalue weighted by molar-refractivity contribution is 5.97. The minimum Gasteiger partial charge on any atom is -0.465 e. The molecule has 2 aromatic carbocycles. The van der Waals surface area contributed by atoms with Crippen LogP contribution in [0.2, 0.25) is 0 Å². The number of rotatable bonds is 7. The molecule has 0 unspecified atom stereocenters. The van der Waals surface area contributed by atoms with E-state index in [1.807, 2.05) is 32.0 Å². The first-order chi connectivity index (χ1) is 15.7. The number of hydrogen-bond donors (Lipinski definition) is 2. The molecule has 11 heteroatoms. The molecule has 0 aliphatic heterocycles. The monoisotopic (exact) mass is 451 g/mol. The number of nitro groups is 1. The maximum absolute atomic E-state index is 12.0. The summed E-state index contributed by atoms with van der Waals surface area (Å²) in [5.41, 5.74) is 2.45. The fourth-order valence-electron chi connectivity index (χ4n) is 3.23. The molecule has 2 N–H and O–H groups in total. The molecule has 3 aromatic rings. The average molecular weight is 451 g/mol. The highest BCUT2D eigenvalue weighted by Crippen LogP contribution is 2.33. The van der Waals surface area contributed by atoms with Crippen LogP contribution in [-0.2, 0) is 9.47 Å². The number of nitrogens with one attached hydrogen (secondary N) is 2. The summed E-state index contributed by atoms with van der Waals surface area (Å²) in [6.07, 6.45) is 1.16. The van der Waals surface area contributed by atoms with Crippen molar-refractivity contribution in [3.63, 3.8) is 0 Å². The van der Waals surface area contributed by atoms with Crippen LogP contribution in [0.1, 0.15) is 31.8 Å². The van der Waals surface area contributed by atoms with Gasteiger partial charge < -0.3 is 20.1 Å². The van der Waals surface area contributed by atoms with Gasteiger partial charge in [-0.15, -0.1) is 0 Å². The van der Waals surface area contributed by atoms with Crippen LogP contribution in [0.3, 0.4) is 0 Å². The Morgan fingerprint density at radius 1 is 0.818 bits per heavy atom. The van der Waals surface area contributed by atoms with Crippen LogP contribution in [0, 0.1) is 24.0 Å². The molecule has 3 rings (SSSR count). The Morgan fingerprint density at radius 3 is 1.70 bits per heavy atom. The van der Waals surface area contributed by atoms with Crippen molar-refractivity contribution in [1.29, 1.82) is 0 Å². The van der Waals surface area contributed by atoms with Gasteiger partial charge in [-0.2, -0.15) is 0 Å². The minimum atomic E-state index is -0.696. The van der Waals surface area contributed by atoms with E-state index in [0.29, 0.717) is 5.69 Å². The highest BCUT2D eigenvalue weighted by Gasteiger charge is 2.24. The molecule has 0 spiro atoms. The van der Waals surface area contributed by atoms with Crippen molar-refractivity contribution >= 4 is 40.6 Å². The standard InChI is InChI=1S/C22H21N5O6/c1-12-5-13(2)7-16(6-12)25-19-18(27(30)31)20(24-11-23-19)26-17-9-14(21(28)32-3)8-15(10-17)22(29)33-4/h5-11H,1-4H3,(H2,23,24,25,26). The molecule has 11 nitrogen and oxygen atoms in total. The van der Waals surface area contributed by atoms with E-state index in [4.69, 9.17) is 9.47 Å². The number of aryl methyl sites for hydroxylation is 2. The third-order valence-electron chi connectivity index (χ3n) is 4.53. The fraction of sp³-hybridized carbons (Fsp3) is 0.182. The van der Waals surface area contributed by atoms with E-state index >= 15 is 0 Å². The normalized spacial score (nSPS) is 10.3. The number of nitrogens with zero attached hydrogens (tertiary/aromatic N) is 3. The second kappa shape index (κ2) is 9.73. The second-order valence-electron chi connectivity index (χ2n) is 7.09. The summed E-state index contributed by atoms with van der Waals surface area (Å²) in [5, 5.41) is 17.6. The summed E-state index contributed by atoms with van der Waals surface area (Å²) >= 11 is 0. The van der Waals surface area contributed by atoms with Gasteiger partial charge in [0.25, 0.3) is 0 Å². The van der Waals surface area contributed by atoms with E-state index in [1.54, 1.807) is 0 Å². The van der Waals surface area contributed by atoms with Crippen LogP contribution in [0.25, 0.3) is 0 Å². The maximum Gasteiger partial charge on any atom is 0.353 e. The van der Waals surface area contributed by atoms with Gasteiger partial charge in [-0.05, 0) is 55.3 Å². The number of carbonyl (C=O) groups is 2. The van der Waals surface area contributed by atoms with Crippen molar-refractivity contribution in [3.05, 3.63) is 75.1 Å². The summed E-state index contributed by atoms with van der Waals surface area (Å²) < 4.78 is 9.43. The molecule has 1 heterocycles. The van der Waals surface area contributed by atoms with Gasteiger partial charge in [-0.3, -0.25) is 10.1 Å². The van der Waals surface area contributed by atoms with Gasteiger partial charge in [0.05, 0.1) is 30.3 Å². The zero-order valence-electron chi connectivity index (χ0n) is 18.3. The SMILES string of the molecule is COC(=O)c1cc(Nc2ncnc(Nc3cc(C)cc(C)c3)c2[N+](=O)[O-])cc(C(=O)OC)c1. The summed E-state index contributed by atoms with van der Waals surface area (Å²) in [4.78, 5) is 43.3. The maximum atomic E-state index is 12.0. The summed E-state index contributed by atoms with van der Waals surface area (Å²) in [7, 11) is 2.39. The molecule has 0 saturated carbocycles. The number of methoxy groups -OCH3 is 2. The Morgan fingerprint density at radius 2 is 1.27 bits per heavy atom. The number of hydrogen-bond acceptors (Lipinski definition) is 10. The Kier molecular flexibility index (Phi) is 6.82. The van der Waals surface area contributed by atoms with Crippen molar-refractivity contribution in [2.24, 2.45) is 0 Å². The van der Waals surface area contributed by atoms with Crippen LogP contribution in [-0.4, -0.2) is 41.0 Å². The van der Waals surface area contributed by atoms with Gasteiger partial charge in [0.1, 0.15) is 6.33 Å². The van der Waals surface area contributed by atoms with Crippen molar-refractivity contribution < 1.29 is 24.0 Å². The molecule has 0 atom stereocenters. The van der Waals surface area contributed by atoms with Gasteiger partial charge in [-0.25, -0.2) is 19.6 Å². The molecule has 0 aliphatic rings. The van der Waals surface area contributed by atoms with E-state index in [2.05, 4.69) is 20.6 Å². The molecular weight excluding hydrogens is 430 g/mol. The average Bonchev–Trinajstić information content (AvgIpc) is 2.77. The smallest absolute Gasteiger partial charge is 0.353 e. The molecule has 0 bridgehead atoms. The van der Waals surface area contributed by atoms with Crippen molar-refractivity contribution in [2.45, 2.75) is 13.8 Å². The lowest BCUT2D eigenvalue weighted by molar-refractivity contribution is -0.383. The Balaban J connectivity index is 2.05. The predicted octanol–water partition coefficient (Wildman–Crippen LogP) is 4.06. The Hall–Kier alpha value is -4.54. The van der Waals surface area contributed by atoms with Gasteiger partial charge in [0, 0.05) is 11.4 Å². The Labute approximate surface area is 188 Å². The quantitative estimate of drug-likeness (QED) is 0.306. The Bertz CT molecular complexity index is 1190. The number of benzene rings is 2. The number of carbonyl (C=O) groups excluding carboxylic acids is 2. The molecule has 0 radical (unpaired) electrons. The van der Waals surface area contributed by atoms with Crippen molar-refractivity contribution in [2.75, 3.05) is 24.9 Å². The predicted molar refractivity (Wildman–Crippen MR) is 120 cm³/mol. The topological polar surface area (TPSA) is 146 Å². The summed E-state index contributed by atoms with van der Waals surface area (Å²) in [6, 6.07) is 9.68. The molecule has 0 fully saturated rings. The van der Waals surface area contributed by atoms with Crippen LogP contribution < -0.4 is 10.6 Å². The van der Waals surface area contributed by atoms with Crippen LogP contribution >= 0.6 is 0 Å². The minimum absolute atomic E-state index is 0.0280. The summed E-state index contributed by atoms with van der Waals surface area (Å²) in [5.74, 6) is -1.56. The van der Waals surface area contributed by atoms with E-state index in [0.717, 1.165) is 17.5 Å².